The number of methoxy groups -OCH3 is 1. The number of nitriles is 2. The molecule has 348 valence electrons. The van der Waals surface area contributed by atoms with E-state index < -0.39 is 62.8 Å². The predicted octanol–water partition coefficient (Wildman–Crippen LogP) is 9.96. The van der Waals surface area contributed by atoms with Crippen molar-refractivity contribution < 1.29 is 55.4 Å². The molecule has 15 nitrogen and oxygen atoms in total. The molecule has 3 N–H and O–H groups in total. The number of nitrogens with zero attached hydrogens (tertiary/aromatic N) is 5. The highest BCUT2D eigenvalue weighted by Gasteiger charge is 2.65. The van der Waals surface area contributed by atoms with Gasteiger partial charge in [-0.1, -0.05) is 96.0 Å². The third-order valence-corrected chi connectivity index (χ3v) is 12.4. The van der Waals surface area contributed by atoms with Crippen molar-refractivity contribution >= 4 is 19.2 Å². The quantitative estimate of drug-likeness (QED) is 0.0514. The van der Waals surface area contributed by atoms with Crippen LogP contribution in [-0.2, 0) is 39.2 Å². The van der Waals surface area contributed by atoms with Gasteiger partial charge < -0.3 is 34.3 Å². The second kappa shape index (κ2) is 23.4. The molecule has 1 unspecified atom stereocenters. The Hall–Kier alpha value is -3.84. The van der Waals surface area contributed by atoms with E-state index in [-0.39, 0.29) is 25.5 Å². The van der Waals surface area contributed by atoms with Gasteiger partial charge in [-0.15, -0.1) is 0 Å². The maximum Gasteiger partial charge on any atom is 0.472 e. The van der Waals surface area contributed by atoms with Crippen LogP contribution in [0, 0.1) is 22.7 Å². The molecule has 2 aliphatic heterocycles. The van der Waals surface area contributed by atoms with Crippen molar-refractivity contribution in [3.63, 3.8) is 0 Å². The van der Waals surface area contributed by atoms with E-state index >= 15 is 0 Å². The molecule has 2 saturated heterocycles. The fourth-order valence-electron chi connectivity index (χ4n) is 8.13. The summed E-state index contributed by atoms with van der Waals surface area (Å²) in [6, 6.07) is 12.7. The third-order valence-electron chi connectivity index (χ3n) is 11.5. The summed E-state index contributed by atoms with van der Waals surface area (Å²) in [4.78, 5) is 15.0. The van der Waals surface area contributed by atoms with Gasteiger partial charge >= 0.3 is 14.0 Å². The van der Waals surface area contributed by atoms with E-state index in [4.69, 9.17) is 38.5 Å². The van der Waals surface area contributed by atoms with Gasteiger partial charge in [-0.2, -0.15) is 28.8 Å². The maximum atomic E-state index is 13.5. The Labute approximate surface area is 367 Å². The maximum absolute atomic E-state index is 13.5. The molecular formula is C44H62F3N6O9P. The number of unbranched alkanes of at least 4 members (excludes halogenated alkanes) is 14. The summed E-state index contributed by atoms with van der Waals surface area (Å²) in [6.07, 6.45) is 8.29. The van der Waals surface area contributed by atoms with E-state index in [1.165, 1.54) is 30.8 Å². The van der Waals surface area contributed by atoms with Crippen LogP contribution in [0.5, 0.6) is 5.75 Å². The Bertz CT molecular complexity index is 2040. The summed E-state index contributed by atoms with van der Waals surface area (Å²) in [6.45, 7) is 2.52. The highest BCUT2D eigenvalue weighted by atomic mass is 31.2. The first-order chi connectivity index (χ1) is 30.1. The molecule has 2 aromatic heterocycles. The molecule has 2 fully saturated rings. The third kappa shape index (κ3) is 14.8. The van der Waals surface area contributed by atoms with Crippen LogP contribution in [0.15, 0.2) is 36.7 Å². The van der Waals surface area contributed by atoms with Gasteiger partial charge in [-0.25, -0.2) is 14.1 Å². The van der Waals surface area contributed by atoms with Crippen LogP contribution in [0.25, 0.3) is 5.52 Å². The molecular weight excluding hydrogens is 844 g/mol. The SMILES string of the molecule is COc1cc(C#N)ccc1CO[C@@H](CCCCCCCCCCCCCCCCCC(F)(F)F)COP(=O)(O)OC[C@@]1(C#N)O[C@@H](c2ccc3c(N)ncnn23)[C@@H]2OC(C)(C)O[C@@H]21. The molecule has 0 amide bonds. The highest BCUT2D eigenvalue weighted by molar-refractivity contribution is 7.47. The molecule has 0 saturated carbocycles. The van der Waals surface area contributed by atoms with Crippen LogP contribution in [0.3, 0.4) is 0 Å². The lowest BCUT2D eigenvalue weighted by molar-refractivity contribution is -0.204. The number of fused-ring (bicyclic) bond motifs is 2. The summed E-state index contributed by atoms with van der Waals surface area (Å²) in [7, 11) is -3.30. The summed E-state index contributed by atoms with van der Waals surface area (Å²) < 4.78 is 93.1. The number of nitrogens with two attached hydrogens (primary N) is 1. The number of halogens is 3. The number of aromatic nitrogens is 3. The van der Waals surface area contributed by atoms with Gasteiger partial charge in [0, 0.05) is 12.0 Å². The normalized spacial score (nSPS) is 22.1. The topological polar surface area (TPSA) is 206 Å². The zero-order valence-corrected chi connectivity index (χ0v) is 37.4. The average molecular weight is 907 g/mol. The number of benzene rings is 1. The average Bonchev–Trinajstić information content (AvgIpc) is 3.91. The lowest BCUT2D eigenvalue weighted by atomic mass is 9.96. The number of hydrogen-bond acceptors (Lipinski definition) is 13. The van der Waals surface area contributed by atoms with Crippen LogP contribution in [0.1, 0.15) is 146 Å². The van der Waals surface area contributed by atoms with Gasteiger partial charge in [0.15, 0.2) is 11.6 Å². The van der Waals surface area contributed by atoms with Crippen molar-refractivity contribution in [1.29, 1.82) is 10.5 Å². The van der Waals surface area contributed by atoms with Crippen molar-refractivity contribution in [3.05, 3.63) is 53.5 Å². The van der Waals surface area contributed by atoms with E-state index in [0.717, 1.165) is 70.6 Å². The van der Waals surface area contributed by atoms with Gasteiger partial charge in [-0.05, 0) is 51.0 Å². The number of ether oxygens (including phenoxy) is 5. The van der Waals surface area contributed by atoms with Crippen LogP contribution in [0.4, 0.5) is 19.0 Å². The molecule has 5 rings (SSSR count). The fourth-order valence-corrected chi connectivity index (χ4v) is 8.91. The Morgan fingerprint density at radius 2 is 1.56 bits per heavy atom. The number of phosphoric ester groups is 1. The molecule has 63 heavy (non-hydrogen) atoms. The number of alkyl halides is 3. The molecule has 0 bridgehead atoms. The van der Waals surface area contributed by atoms with Crippen LogP contribution < -0.4 is 10.5 Å². The molecule has 3 aromatic rings. The summed E-state index contributed by atoms with van der Waals surface area (Å²) in [5.41, 5.74) is 6.33. The predicted molar refractivity (Wildman–Crippen MR) is 226 cm³/mol. The second-order valence-corrected chi connectivity index (χ2v) is 18.3. The van der Waals surface area contributed by atoms with E-state index in [9.17, 15) is 33.2 Å². The summed E-state index contributed by atoms with van der Waals surface area (Å²) in [5.74, 6) is -0.394. The van der Waals surface area contributed by atoms with Crippen molar-refractivity contribution in [2.45, 2.75) is 172 Å². The van der Waals surface area contributed by atoms with Crippen molar-refractivity contribution in [2.75, 3.05) is 26.1 Å². The molecule has 0 aliphatic carbocycles. The fraction of sp³-hybridized carbons (Fsp3) is 0.682. The van der Waals surface area contributed by atoms with Gasteiger partial charge in [0.05, 0.1) is 43.8 Å². The Morgan fingerprint density at radius 1 is 0.921 bits per heavy atom. The van der Waals surface area contributed by atoms with Gasteiger partial charge in [0.25, 0.3) is 0 Å². The van der Waals surface area contributed by atoms with Crippen LogP contribution in [-0.4, -0.2) is 75.7 Å². The lowest BCUT2D eigenvalue weighted by Gasteiger charge is -2.29. The molecule has 6 atom stereocenters. The number of anilines is 1. The van der Waals surface area contributed by atoms with Crippen molar-refractivity contribution in [3.8, 4) is 17.9 Å². The standard InChI is InChI=1S/C44H62F3N6O9P/c1-42(2)60-39-38(35-22-23-36-41(50)51-31-52-53(35)36)61-43(29-49,40(39)62-42)30-59-63(54,55)58-28-34(57-27-33-21-20-32(26-48)25-37(33)56-3)19-17-15-13-11-9-7-5-4-6-8-10-12-14-16-18-24-44(45,46)47/h20-23,25,31,34,38-40H,4-19,24,27-28,30H2,1-3H3,(H,54,55)(H2,50,51,52)/t34-,38-,39-,40-,43+/m0/s1. The minimum atomic E-state index is -4.80. The molecule has 0 spiro atoms. The number of nitrogen functional groups attached to an aromatic ring is 1. The Morgan fingerprint density at radius 3 is 2.16 bits per heavy atom. The van der Waals surface area contributed by atoms with Crippen molar-refractivity contribution in [2.24, 2.45) is 0 Å². The largest absolute Gasteiger partial charge is 0.496 e. The van der Waals surface area contributed by atoms with Crippen LogP contribution in [0.2, 0.25) is 0 Å². The number of hydrogen-bond donors (Lipinski definition) is 2. The zero-order chi connectivity index (χ0) is 45.5. The van der Waals surface area contributed by atoms with Crippen LogP contribution >= 0.6 is 7.82 Å². The minimum Gasteiger partial charge on any atom is -0.496 e. The second-order valence-electron chi connectivity index (χ2n) is 16.8. The molecule has 1 aromatic carbocycles. The molecule has 0 radical (unpaired) electrons. The van der Waals surface area contributed by atoms with E-state index in [0.29, 0.717) is 40.9 Å². The minimum absolute atomic E-state index is 0.0927. The highest BCUT2D eigenvalue weighted by Crippen LogP contribution is 2.52. The molecule has 19 heteroatoms. The molecule has 2 aliphatic rings. The number of phosphoric acid groups is 1. The van der Waals surface area contributed by atoms with E-state index in [1.807, 2.05) is 0 Å². The first-order valence-corrected chi connectivity index (χ1v) is 23.5. The Kier molecular flexibility index (Phi) is 18.6. The zero-order valence-electron chi connectivity index (χ0n) is 36.5. The number of rotatable bonds is 28. The van der Waals surface area contributed by atoms with Gasteiger partial charge in [0.2, 0.25) is 5.60 Å². The summed E-state index contributed by atoms with van der Waals surface area (Å²) in [5, 5.41) is 24.2. The van der Waals surface area contributed by atoms with Crippen molar-refractivity contribution in [1.82, 2.24) is 14.6 Å². The lowest BCUT2D eigenvalue weighted by Crippen LogP contribution is -2.45. The summed E-state index contributed by atoms with van der Waals surface area (Å²) >= 11 is 0. The monoisotopic (exact) mass is 906 g/mol. The first-order valence-electron chi connectivity index (χ1n) is 22.0. The smallest absolute Gasteiger partial charge is 0.472 e. The molecule has 4 heterocycles. The van der Waals surface area contributed by atoms with Gasteiger partial charge in [-0.3, -0.25) is 9.05 Å². The van der Waals surface area contributed by atoms with E-state index in [2.05, 4.69) is 22.2 Å². The van der Waals surface area contributed by atoms with E-state index in [1.54, 1.807) is 44.2 Å². The first kappa shape index (κ1) is 50.2. The Balaban J connectivity index is 1.09. The van der Waals surface area contributed by atoms with Gasteiger partial charge in [0.1, 0.15) is 48.6 Å².